The number of nitrogens with zero attached hydrogens (tertiary/aromatic N) is 2. The van der Waals surface area contributed by atoms with Crippen LogP contribution in [-0.2, 0) is 6.42 Å². The third-order valence-electron chi connectivity index (χ3n) is 2.73. The summed E-state index contributed by atoms with van der Waals surface area (Å²) in [6.45, 7) is 0. The molecule has 0 saturated carbocycles. The average Bonchev–Trinajstić information content (AvgIpc) is 2.40. The molecule has 0 spiro atoms. The lowest BCUT2D eigenvalue weighted by atomic mass is 10.1. The van der Waals surface area contributed by atoms with Gasteiger partial charge in [0.15, 0.2) is 0 Å². The molecule has 17 heavy (non-hydrogen) atoms. The Balaban J connectivity index is 1.96. The van der Waals surface area contributed by atoms with Crippen LogP contribution in [0.1, 0.15) is 11.3 Å². The highest BCUT2D eigenvalue weighted by Crippen LogP contribution is 2.11. The molecular formula is C15H12N2. The molecule has 0 N–H and O–H groups in total. The molecule has 2 nitrogen and oxygen atoms in total. The number of fused-ring (bicyclic) bond motifs is 1. The lowest BCUT2D eigenvalue weighted by molar-refractivity contribution is 1.07. The van der Waals surface area contributed by atoms with Gasteiger partial charge in [0.2, 0.25) is 0 Å². The molecule has 3 rings (SSSR count). The third kappa shape index (κ3) is 2.16. The van der Waals surface area contributed by atoms with Gasteiger partial charge >= 0.3 is 0 Å². The van der Waals surface area contributed by atoms with E-state index >= 15 is 0 Å². The van der Waals surface area contributed by atoms with Gasteiger partial charge in [-0.05, 0) is 17.7 Å². The van der Waals surface area contributed by atoms with Crippen LogP contribution in [0.25, 0.3) is 11.0 Å². The van der Waals surface area contributed by atoms with Crippen molar-refractivity contribution in [3.63, 3.8) is 0 Å². The van der Waals surface area contributed by atoms with Crippen molar-refractivity contribution in [2.24, 2.45) is 0 Å². The number of hydrogen-bond donors (Lipinski definition) is 0. The maximum Gasteiger partial charge on any atom is 0.0890 e. The minimum absolute atomic E-state index is 0.832. The van der Waals surface area contributed by atoms with Crippen LogP contribution >= 0.6 is 0 Å². The van der Waals surface area contributed by atoms with Crippen LogP contribution < -0.4 is 0 Å². The Morgan fingerprint density at radius 3 is 2.29 bits per heavy atom. The molecule has 1 heterocycles. The molecule has 3 aromatic rings. The molecule has 0 aliphatic rings. The summed E-state index contributed by atoms with van der Waals surface area (Å²) >= 11 is 0. The van der Waals surface area contributed by atoms with Crippen molar-refractivity contribution >= 4 is 11.0 Å². The summed E-state index contributed by atoms with van der Waals surface area (Å²) < 4.78 is 0. The maximum absolute atomic E-state index is 4.61. The van der Waals surface area contributed by atoms with Crippen LogP contribution in [-0.4, -0.2) is 9.97 Å². The van der Waals surface area contributed by atoms with Crippen molar-refractivity contribution in [1.82, 2.24) is 9.97 Å². The predicted octanol–water partition coefficient (Wildman–Crippen LogP) is 3.22. The summed E-state index contributed by atoms with van der Waals surface area (Å²) in [5.41, 5.74) is 4.18. The van der Waals surface area contributed by atoms with Gasteiger partial charge in [-0.2, -0.15) is 0 Å². The number of para-hydroxylation sites is 2. The fourth-order valence-electron chi connectivity index (χ4n) is 1.89. The van der Waals surface area contributed by atoms with Crippen molar-refractivity contribution in [2.45, 2.75) is 6.42 Å². The lowest BCUT2D eigenvalue weighted by Crippen LogP contribution is -1.94. The molecule has 0 saturated heterocycles. The van der Waals surface area contributed by atoms with Gasteiger partial charge in [-0.15, -0.1) is 0 Å². The largest absolute Gasteiger partial charge is 0.253 e. The lowest BCUT2D eigenvalue weighted by Gasteiger charge is -2.02. The highest BCUT2D eigenvalue weighted by atomic mass is 14.8. The first-order chi connectivity index (χ1) is 8.42. The second kappa shape index (κ2) is 4.34. The Hall–Kier alpha value is -2.22. The Kier molecular flexibility index (Phi) is 2.54. The fraction of sp³-hybridized carbons (Fsp3) is 0.0667. The monoisotopic (exact) mass is 220 g/mol. The SMILES string of the molecule is c1ccc(Cc2cnc3ccccc3n2)cc1. The summed E-state index contributed by atoms with van der Waals surface area (Å²) in [7, 11) is 0. The van der Waals surface area contributed by atoms with Crippen LogP contribution in [0.4, 0.5) is 0 Å². The number of rotatable bonds is 2. The Bertz CT molecular complexity index is 633. The molecule has 0 aliphatic carbocycles. The Morgan fingerprint density at radius 2 is 1.47 bits per heavy atom. The van der Waals surface area contributed by atoms with Gasteiger partial charge in [0.25, 0.3) is 0 Å². The molecule has 0 aliphatic heterocycles. The molecule has 82 valence electrons. The summed E-state index contributed by atoms with van der Waals surface area (Å²) in [4.78, 5) is 9.02. The quantitative estimate of drug-likeness (QED) is 0.662. The van der Waals surface area contributed by atoms with Crippen molar-refractivity contribution in [3.05, 3.63) is 72.1 Å². The van der Waals surface area contributed by atoms with Crippen molar-refractivity contribution in [3.8, 4) is 0 Å². The zero-order valence-electron chi connectivity index (χ0n) is 9.38. The minimum atomic E-state index is 0.832. The van der Waals surface area contributed by atoms with Gasteiger partial charge in [0.05, 0.1) is 16.7 Å². The molecule has 0 amide bonds. The van der Waals surface area contributed by atoms with Crippen LogP contribution in [0.15, 0.2) is 60.8 Å². The first-order valence-corrected chi connectivity index (χ1v) is 5.66. The number of benzene rings is 2. The molecular weight excluding hydrogens is 208 g/mol. The van der Waals surface area contributed by atoms with Crippen molar-refractivity contribution < 1.29 is 0 Å². The van der Waals surface area contributed by atoms with Crippen LogP contribution in [0.2, 0.25) is 0 Å². The highest BCUT2D eigenvalue weighted by molar-refractivity contribution is 5.73. The van der Waals surface area contributed by atoms with Crippen LogP contribution in [0.5, 0.6) is 0 Å². The van der Waals surface area contributed by atoms with E-state index in [1.165, 1.54) is 5.56 Å². The average molecular weight is 220 g/mol. The topological polar surface area (TPSA) is 25.8 Å². The molecule has 0 bridgehead atoms. The molecule has 2 heteroatoms. The van der Waals surface area contributed by atoms with Gasteiger partial charge in [-0.25, -0.2) is 4.98 Å². The number of hydrogen-bond acceptors (Lipinski definition) is 2. The fourth-order valence-corrected chi connectivity index (χ4v) is 1.89. The molecule has 0 atom stereocenters. The van der Waals surface area contributed by atoms with E-state index in [2.05, 4.69) is 22.1 Å². The van der Waals surface area contributed by atoms with E-state index in [1.807, 2.05) is 48.7 Å². The van der Waals surface area contributed by atoms with E-state index in [0.717, 1.165) is 23.1 Å². The van der Waals surface area contributed by atoms with E-state index in [1.54, 1.807) is 0 Å². The molecule has 0 radical (unpaired) electrons. The van der Waals surface area contributed by atoms with E-state index in [-0.39, 0.29) is 0 Å². The standard InChI is InChI=1S/C15H12N2/c1-2-6-12(7-3-1)10-13-11-16-14-8-4-5-9-15(14)17-13/h1-9,11H,10H2. The first kappa shape index (κ1) is 9.97. The van der Waals surface area contributed by atoms with E-state index < -0.39 is 0 Å². The van der Waals surface area contributed by atoms with Crippen LogP contribution in [0, 0.1) is 0 Å². The maximum atomic E-state index is 4.61. The Morgan fingerprint density at radius 1 is 0.765 bits per heavy atom. The second-order valence-corrected chi connectivity index (χ2v) is 4.01. The summed E-state index contributed by atoms with van der Waals surface area (Å²) in [6, 6.07) is 18.3. The Labute approximate surface area is 100.0 Å². The zero-order chi connectivity index (χ0) is 11.5. The molecule has 2 aromatic carbocycles. The minimum Gasteiger partial charge on any atom is -0.253 e. The smallest absolute Gasteiger partial charge is 0.0890 e. The van der Waals surface area contributed by atoms with E-state index in [0.29, 0.717) is 0 Å². The number of aromatic nitrogens is 2. The van der Waals surface area contributed by atoms with Crippen LogP contribution in [0.3, 0.4) is 0 Å². The normalized spacial score (nSPS) is 10.6. The van der Waals surface area contributed by atoms with Gasteiger partial charge in [0, 0.05) is 12.6 Å². The van der Waals surface area contributed by atoms with E-state index in [9.17, 15) is 0 Å². The van der Waals surface area contributed by atoms with Gasteiger partial charge in [0.1, 0.15) is 0 Å². The van der Waals surface area contributed by atoms with E-state index in [4.69, 9.17) is 0 Å². The summed E-state index contributed by atoms with van der Waals surface area (Å²) in [5, 5.41) is 0. The molecule has 0 fully saturated rings. The summed E-state index contributed by atoms with van der Waals surface area (Å²) in [6.07, 6.45) is 2.69. The van der Waals surface area contributed by atoms with Gasteiger partial charge in [-0.1, -0.05) is 42.5 Å². The highest BCUT2D eigenvalue weighted by Gasteiger charge is 2.00. The van der Waals surface area contributed by atoms with Crippen molar-refractivity contribution in [2.75, 3.05) is 0 Å². The molecule has 1 aromatic heterocycles. The van der Waals surface area contributed by atoms with Gasteiger partial charge < -0.3 is 0 Å². The summed E-state index contributed by atoms with van der Waals surface area (Å²) in [5.74, 6) is 0. The predicted molar refractivity (Wildman–Crippen MR) is 68.8 cm³/mol. The van der Waals surface area contributed by atoms with Crippen molar-refractivity contribution in [1.29, 1.82) is 0 Å². The second-order valence-electron chi connectivity index (χ2n) is 4.01. The first-order valence-electron chi connectivity index (χ1n) is 5.66. The zero-order valence-corrected chi connectivity index (χ0v) is 9.38. The van der Waals surface area contributed by atoms with Gasteiger partial charge in [-0.3, -0.25) is 4.98 Å². The molecule has 0 unspecified atom stereocenters. The third-order valence-corrected chi connectivity index (χ3v) is 2.73.